The highest BCUT2D eigenvalue weighted by Crippen LogP contribution is 2.32. The maximum absolute atomic E-state index is 11.9. The zero-order valence-corrected chi connectivity index (χ0v) is 12.3. The van der Waals surface area contributed by atoms with Crippen LogP contribution in [0.1, 0.15) is 0 Å². The van der Waals surface area contributed by atoms with Crippen LogP contribution in [0.4, 0.5) is 11.4 Å². The van der Waals surface area contributed by atoms with Gasteiger partial charge < -0.3 is 9.84 Å². The molecule has 0 spiro atoms. The Balaban J connectivity index is 2.01. The minimum atomic E-state index is -0.421. The molecule has 7 nitrogen and oxygen atoms in total. The Morgan fingerprint density at radius 3 is 2.65 bits per heavy atom. The number of para-hydroxylation sites is 1. The van der Waals surface area contributed by atoms with Gasteiger partial charge in [-0.15, -0.1) is 5.11 Å². The van der Waals surface area contributed by atoms with E-state index in [1.807, 2.05) is 0 Å². The molecule has 0 saturated heterocycles. The molecule has 0 fully saturated rings. The molecular weight excluding hydrogens is 296 g/mol. The van der Waals surface area contributed by atoms with Crippen molar-refractivity contribution >= 4 is 11.4 Å². The standard InChI is InChI=1S/C16H14N4O3/c1-23-11-6-4-5-10(9-11)17-19-15-14(18-20-16(15)22)12-7-2-3-8-13(12)21/h2-9,21H,1H3,(H2,18,20,22). The molecule has 1 heterocycles. The maximum Gasteiger partial charge on any atom is 0.292 e. The molecule has 0 aliphatic heterocycles. The predicted molar refractivity (Wildman–Crippen MR) is 85.7 cm³/mol. The molecule has 3 rings (SSSR count). The second kappa shape index (κ2) is 6.18. The smallest absolute Gasteiger partial charge is 0.292 e. The van der Waals surface area contributed by atoms with E-state index in [0.29, 0.717) is 22.7 Å². The van der Waals surface area contributed by atoms with Crippen LogP contribution in [-0.4, -0.2) is 22.4 Å². The van der Waals surface area contributed by atoms with Crippen LogP contribution >= 0.6 is 0 Å². The van der Waals surface area contributed by atoms with E-state index in [0.717, 1.165) is 0 Å². The van der Waals surface area contributed by atoms with Crippen LogP contribution in [0.15, 0.2) is 63.6 Å². The summed E-state index contributed by atoms with van der Waals surface area (Å²) in [7, 11) is 1.56. The van der Waals surface area contributed by atoms with Gasteiger partial charge >= 0.3 is 0 Å². The summed E-state index contributed by atoms with van der Waals surface area (Å²) in [5, 5.41) is 23.2. The van der Waals surface area contributed by atoms with Gasteiger partial charge in [0.25, 0.3) is 5.56 Å². The Kier molecular flexibility index (Phi) is 3.92. The first-order valence-corrected chi connectivity index (χ1v) is 6.84. The Morgan fingerprint density at radius 2 is 1.87 bits per heavy atom. The summed E-state index contributed by atoms with van der Waals surface area (Å²) in [6.45, 7) is 0. The second-order valence-electron chi connectivity index (χ2n) is 4.72. The van der Waals surface area contributed by atoms with Crippen molar-refractivity contribution in [3.05, 3.63) is 58.9 Å². The summed E-state index contributed by atoms with van der Waals surface area (Å²) >= 11 is 0. The Morgan fingerprint density at radius 1 is 1.04 bits per heavy atom. The minimum Gasteiger partial charge on any atom is -0.507 e. The zero-order valence-electron chi connectivity index (χ0n) is 12.3. The van der Waals surface area contributed by atoms with Gasteiger partial charge in [-0.25, -0.2) is 0 Å². The monoisotopic (exact) mass is 310 g/mol. The SMILES string of the molecule is COc1cccc(N=Nc2c(-c3ccccc3O)[nH][nH]c2=O)c1. The number of benzene rings is 2. The molecule has 0 saturated carbocycles. The maximum atomic E-state index is 11.9. The fraction of sp³-hybridized carbons (Fsp3) is 0.0625. The number of hydrogen-bond donors (Lipinski definition) is 3. The molecule has 0 bridgehead atoms. The number of nitrogens with zero attached hydrogens (tertiary/aromatic N) is 2. The first-order chi connectivity index (χ1) is 11.2. The van der Waals surface area contributed by atoms with Crippen LogP contribution < -0.4 is 10.3 Å². The fourth-order valence-corrected chi connectivity index (χ4v) is 2.11. The van der Waals surface area contributed by atoms with Gasteiger partial charge in [0.05, 0.1) is 18.5 Å². The number of phenolic OH excluding ortho intramolecular Hbond substituents is 1. The summed E-state index contributed by atoms with van der Waals surface area (Å²) in [6.07, 6.45) is 0. The summed E-state index contributed by atoms with van der Waals surface area (Å²) in [4.78, 5) is 11.9. The lowest BCUT2D eigenvalue weighted by molar-refractivity contribution is 0.415. The van der Waals surface area contributed by atoms with Crippen LogP contribution in [0, 0.1) is 0 Å². The van der Waals surface area contributed by atoms with Crippen molar-refractivity contribution in [3.63, 3.8) is 0 Å². The molecule has 0 atom stereocenters. The molecule has 0 radical (unpaired) electrons. The van der Waals surface area contributed by atoms with Crippen molar-refractivity contribution in [1.82, 2.24) is 10.2 Å². The van der Waals surface area contributed by atoms with E-state index in [-0.39, 0.29) is 11.4 Å². The van der Waals surface area contributed by atoms with Crippen LogP contribution in [0.25, 0.3) is 11.3 Å². The molecule has 0 aliphatic carbocycles. The molecule has 0 aliphatic rings. The first kappa shape index (κ1) is 14.6. The number of rotatable bonds is 4. The van der Waals surface area contributed by atoms with Gasteiger partial charge in [-0.2, -0.15) is 5.11 Å². The lowest BCUT2D eigenvalue weighted by Crippen LogP contribution is -1.96. The highest BCUT2D eigenvalue weighted by atomic mass is 16.5. The summed E-state index contributed by atoms with van der Waals surface area (Å²) in [5.41, 5.74) is 1.06. The van der Waals surface area contributed by atoms with E-state index in [2.05, 4.69) is 20.4 Å². The van der Waals surface area contributed by atoms with Gasteiger partial charge in [0.2, 0.25) is 0 Å². The van der Waals surface area contributed by atoms with Gasteiger partial charge in [0, 0.05) is 11.6 Å². The molecule has 3 N–H and O–H groups in total. The third kappa shape index (κ3) is 2.98. The molecule has 23 heavy (non-hydrogen) atoms. The van der Waals surface area contributed by atoms with Crippen LogP contribution in [0.5, 0.6) is 11.5 Å². The normalized spacial score (nSPS) is 11.0. The number of ether oxygens (including phenoxy) is 1. The summed E-state index contributed by atoms with van der Waals surface area (Å²) < 4.78 is 5.12. The molecule has 1 aromatic heterocycles. The molecule has 0 unspecified atom stereocenters. The average molecular weight is 310 g/mol. The largest absolute Gasteiger partial charge is 0.507 e. The number of methoxy groups -OCH3 is 1. The quantitative estimate of drug-likeness (QED) is 0.642. The van der Waals surface area contributed by atoms with E-state index in [1.165, 1.54) is 6.07 Å². The second-order valence-corrected chi connectivity index (χ2v) is 4.72. The highest BCUT2D eigenvalue weighted by Gasteiger charge is 2.14. The minimum absolute atomic E-state index is 0.0422. The number of H-pyrrole nitrogens is 2. The number of nitrogens with one attached hydrogen (secondary N) is 2. The van der Waals surface area contributed by atoms with Crippen molar-refractivity contribution in [2.45, 2.75) is 0 Å². The Labute approximate surface area is 131 Å². The van der Waals surface area contributed by atoms with Gasteiger partial charge in [0.1, 0.15) is 11.5 Å². The van der Waals surface area contributed by atoms with Crippen LogP contribution in [0.2, 0.25) is 0 Å². The van der Waals surface area contributed by atoms with Crippen LogP contribution in [-0.2, 0) is 0 Å². The molecule has 0 amide bonds. The van der Waals surface area contributed by atoms with Crippen molar-refractivity contribution < 1.29 is 9.84 Å². The molecule has 2 aromatic carbocycles. The number of hydrogen-bond acceptors (Lipinski definition) is 5. The number of phenols is 1. The third-order valence-corrected chi connectivity index (χ3v) is 3.25. The van der Waals surface area contributed by atoms with E-state index in [4.69, 9.17) is 4.74 Å². The summed E-state index contributed by atoms with van der Waals surface area (Å²) in [6, 6.07) is 13.7. The number of aromatic nitrogens is 2. The molecular formula is C16H14N4O3. The fourth-order valence-electron chi connectivity index (χ4n) is 2.11. The molecule has 116 valence electrons. The van der Waals surface area contributed by atoms with E-state index >= 15 is 0 Å². The van der Waals surface area contributed by atoms with E-state index < -0.39 is 5.56 Å². The highest BCUT2D eigenvalue weighted by molar-refractivity contribution is 5.75. The summed E-state index contributed by atoms with van der Waals surface area (Å²) in [5.74, 6) is 0.686. The number of aromatic hydroxyl groups is 1. The topological polar surface area (TPSA) is 103 Å². The Hall–Kier alpha value is -3.35. The lowest BCUT2D eigenvalue weighted by atomic mass is 10.1. The van der Waals surface area contributed by atoms with Crippen molar-refractivity contribution in [2.24, 2.45) is 10.2 Å². The van der Waals surface area contributed by atoms with Gasteiger partial charge in [-0.05, 0) is 24.3 Å². The van der Waals surface area contributed by atoms with Crippen molar-refractivity contribution in [2.75, 3.05) is 7.11 Å². The van der Waals surface area contributed by atoms with E-state index in [1.54, 1.807) is 49.6 Å². The number of aromatic amines is 2. The first-order valence-electron chi connectivity index (χ1n) is 6.84. The van der Waals surface area contributed by atoms with Crippen molar-refractivity contribution in [1.29, 1.82) is 0 Å². The zero-order chi connectivity index (χ0) is 16.2. The number of azo groups is 1. The van der Waals surface area contributed by atoms with Gasteiger partial charge in [-0.3, -0.25) is 15.0 Å². The van der Waals surface area contributed by atoms with Crippen LogP contribution in [0.3, 0.4) is 0 Å². The Bertz CT molecular complexity index is 911. The van der Waals surface area contributed by atoms with Gasteiger partial charge in [0.15, 0.2) is 5.69 Å². The molecule has 7 heteroatoms. The third-order valence-electron chi connectivity index (χ3n) is 3.25. The predicted octanol–water partition coefficient (Wildman–Crippen LogP) is 3.50. The van der Waals surface area contributed by atoms with Gasteiger partial charge in [-0.1, -0.05) is 18.2 Å². The molecule has 3 aromatic rings. The lowest BCUT2D eigenvalue weighted by Gasteiger charge is -2.02. The van der Waals surface area contributed by atoms with Crippen molar-refractivity contribution in [3.8, 4) is 22.8 Å². The average Bonchev–Trinajstić information content (AvgIpc) is 2.94. The van der Waals surface area contributed by atoms with E-state index in [9.17, 15) is 9.90 Å².